The Morgan fingerprint density at radius 2 is 2.03 bits per heavy atom. The van der Waals surface area contributed by atoms with Gasteiger partial charge in [-0.1, -0.05) is 13.3 Å². The van der Waals surface area contributed by atoms with Gasteiger partial charge in [-0.25, -0.2) is 4.79 Å². The molecule has 0 aliphatic carbocycles. The lowest BCUT2D eigenvalue weighted by atomic mass is 9.77. The normalized spacial score (nSPS) is 18.9. The summed E-state index contributed by atoms with van der Waals surface area (Å²) in [6.07, 6.45) is 3.29. The van der Waals surface area contributed by atoms with Gasteiger partial charge in [-0.15, -0.1) is 0 Å². The van der Waals surface area contributed by atoms with Crippen LogP contribution in [0.3, 0.4) is 0 Å². The minimum Gasteiger partial charge on any atom is -0.480 e. The molecule has 2 aromatic rings. The minimum absolute atomic E-state index is 0.000625. The van der Waals surface area contributed by atoms with Crippen molar-refractivity contribution in [1.29, 1.82) is 0 Å². The van der Waals surface area contributed by atoms with E-state index in [9.17, 15) is 14.4 Å². The molecule has 0 radical (unpaired) electrons. The highest BCUT2D eigenvalue weighted by molar-refractivity contribution is 5.86. The van der Waals surface area contributed by atoms with E-state index in [4.69, 9.17) is 9.15 Å². The molecule has 1 N–H and O–H groups in total. The van der Waals surface area contributed by atoms with E-state index in [0.29, 0.717) is 37.4 Å². The molecule has 4 rings (SSSR count). The monoisotopic (exact) mass is 426 g/mol. The molecule has 2 aliphatic heterocycles. The number of nitrogens with one attached hydrogen (secondary N) is 1. The van der Waals surface area contributed by atoms with Gasteiger partial charge in [0.15, 0.2) is 6.10 Å². The van der Waals surface area contributed by atoms with Gasteiger partial charge in [0.1, 0.15) is 11.3 Å². The molecule has 2 fully saturated rings. The van der Waals surface area contributed by atoms with Gasteiger partial charge >= 0.3 is 5.63 Å². The number of hydrogen-bond donors (Lipinski definition) is 1. The van der Waals surface area contributed by atoms with Crippen molar-refractivity contribution in [3.8, 4) is 5.75 Å². The van der Waals surface area contributed by atoms with Crippen molar-refractivity contribution < 1.29 is 18.7 Å². The van der Waals surface area contributed by atoms with Gasteiger partial charge < -0.3 is 19.4 Å². The lowest BCUT2D eigenvalue weighted by Crippen LogP contribution is -2.48. The number of benzene rings is 1. The van der Waals surface area contributed by atoms with Crippen LogP contribution in [0.2, 0.25) is 0 Å². The van der Waals surface area contributed by atoms with Crippen molar-refractivity contribution in [2.45, 2.75) is 59.0 Å². The summed E-state index contributed by atoms with van der Waals surface area (Å²) in [5.74, 6) is 0.592. The van der Waals surface area contributed by atoms with Crippen LogP contribution in [0.4, 0.5) is 0 Å². The molecule has 166 valence electrons. The summed E-state index contributed by atoms with van der Waals surface area (Å²) in [4.78, 5) is 38.4. The molecule has 31 heavy (non-hydrogen) atoms. The lowest BCUT2D eigenvalue weighted by Gasteiger charge is -2.39. The van der Waals surface area contributed by atoms with Crippen molar-refractivity contribution in [2.24, 2.45) is 5.41 Å². The van der Waals surface area contributed by atoms with Crippen molar-refractivity contribution >= 4 is 22.8 Å². The fourth-order valence-corrected chi connectivity index (χ4v) is 4.82. The third-order valence-corrected chi connectivity index (χ3v) is 6.70. The van der Waals surface area contributed by atoms with Gasteiger partial charge in [-0.05, 0) is 56.2 Å². The van der Waals surface area contributed by atoms with Crippen LogP contribution >= 0.6 is 0 Å². The maximum absolute atomic E-state index is 13.0. The van der Waals surface area contributed by atoms with E-state index in [1.54, 1.807) is 13.0 Å². The summed E-state index contributed by atoms with van der Waals surface area (Å²) < 4.78 is 11.5. The average Bonchev–Trinajstić information content (AvgIpc) is 3.10. The summed E-state index contributed by atoms with van der Waals surface area (Å²) in [6, 6.07) is 5.30. The molecule has 2 aliphatic rings. The van der Waals surface area contributed by atoms with Crippen LogP contribution in [0.15, 0.2) is 27.4 Å². The zero-order valence-electron chi connectivity index (χ0n) is 18.5. The predicted molar refractivity (Wildman–Crippen MR) is 117 cm³/mol. The second-order valence-electron chi connectivity index (χ2n) is 8.94. The molecule has 1 aromatic carbocycles. The summed E-state index contributed by atoms with van der Waals surface area (Å²) in [5.41, 5.74) is 1.84. The number of hydrogen-bond acceptors (Lipinski definition) is 5. The van der Waals surface area contributed by atoms with Crippen molar-refractivity contribution in [2.75, 3.05) is 19.6 Å². The number of amides is 2. The van der Waals surface area contributed by atoms with E-state index >= 15 is 0 Å². The maximum Gasteiger partial charge on any atom is 0.336 e. The van der Waals surface area contributed by atoms with E-state index in [-0.39, 0.29) is 22.9 Å². The number of piperidine rings is 1. The van der Waals surface area contributed by atoms with Crippen LogP contribution in [0.25, 0.3) is 11.0 Å². The molecule has 7 nitrogen and oxygen atoms in total. The van der Waals surface area contributed by atoms with Crippen LogP contribution in [0.1, 0.15) is 50.7 Å². The highest BCUT2D eigenvalue weighted by atomic mass is 16.5. The Morgan fingerprint density at radius 1 is 1.29 bits per heavy atom. The molecule has 0 bridgehead atoms. The van der Waals surface area contributed by atoms with Crippen LogP contribution in [-0.4, -0.2) is 42.5 Å². The highest BCUT2D eigenvalue weighted by Crippen LogP contribution is 2.37. The molecule has 3 heterocycles. The van der Waals surface area contributed by atoms with Crippen LogP contribution in [0.5, 0.6) is 5.75 Å². The number of likely N-dealkylation sites (tertiary alicyclic amines) is 1. The Morgan fingerprint density at radius 3 is 2.68 bits per heavy atom. The second kappa shape index (κ2) is 8.36. The number of fused-ring (bicyclic) bond motifs is 1. The molecular weight excluding hydrogens is 396 g/mol. The fourth-order valence-electron chi connectivity index (χ4n) is 4.82. The lowest BCUT2D eigenvalue weighted by molar-refractivity contribution is -0.140. The Kier molecular flexibility index (Phi) is 5.77. The third kappa shape index (κ3) is 4.18. The van der Waals surface area contributed by atoms with E-state index in [2.05, 4.69) is 12.2 Å². The number of aryl methyl sites for hydroxylation is 2. The molecule has 1 spiro atoms. The van der Waals surface area contributed by atoms with Gasteiger partial charge in [0.2, 0.25) is 5.91 Å². The van der Waals surface area contributed by atoms with Gasteiger partial charge in [-0.2, -0.15) is 0 Å². The largest absolute Gasteiger partial charge is 0.480 e. The molecular formula is C24H30N2O5. The predicted octanol–water partition coefficient (Wildman–Crippen LogP) is 2.95. The fraction of sp³-hybridized carbons (Fsp3) is 0.542. The first-order valence-electron chi connectivity index (χ1n) is 11.1. The zero-order chi connectivity index (χ0) is 22.2. The SMILES string of the molecule is CCCc1cc(=O)oc2c(C)c(OC(C)C(=O)N3CCC4(CC3)CNC(=O)C4)ccc12. The summed E-state index contributed by atoms with van der Waals surface area (Å²) in [5, 5.41) is 3.83. The Labute approximate surface area is 181 Å². The van der Waals surface area contributed by atoms with Gasteiger partial charge in [0.25, 0.3) is 5.91 Å². The first-order valence-corrected chi connectivity index (χ1v) is 11.1. The highest BCUT2D eigenvalue weighted by Gasteiger charge is 2.42. The summed E-state index contributed by atoms with van der Waals surface area (Å²) in [6.45, 7) is 7.65. The Balaban J connectivity index is 1.47. The third-order valence-electron chi connectivity index (χ3n) is 6.70. The smallest absolute Gasteiger partial charge is 0.336 e. The molecule has 7 heteroatoms. The number of carbonyl (C=O) groups excluding carboxylic acids is 2. The molecule has 1 aromatic heterocycles. The van der Waals surface area contributed by atoms with E-state index in [1.165, 1.54) is 0 Å². The molecule has 0 saturated carbocycles. The zero-order valence-corrected chi connectivity index (χ0v) is 18.5. The standard InChI is InChI=1S/C24H30N2O5/c1-4-5-17-12-21(28)31-22-15(2)19(7-6-18(17)22)30-16(3)23(29)26-10-8-24(9-11-26)13-20(27)25-14-24/h6-7,12,16H,4-5,8-11,13-14H2,1-3H3,(H,25,27). The number of ether oxygens (including phenoxy) is 1. The van der Waals surface area contributed by atoms with Crippen molar-refractivity contribution in [3.05, 3.63) is 39.7 Å². The van der Waals surface area contributed by atoms with E-state index in [1.807, 2.05) is 24.0 Å². The molecule has 2 saturated heterocycles. The summed E-state index contributed by atoms with van der Waals surface area (Å²) >= 11 is 0. The number of rotatable bonds is 5. The van der Waals surface area contributed by atoms with Crippen LogP contribution in [0, 0.1) is 12.3 Å². The second-order valence-corrected chi connectivity index (χ2v) is 8.94. The Bertz CT molecular complexity index is 1070. The van der Waals surface area contributed by atoms with E-state index < -0.39 is 6.10 Å². The molecule has 1 unspecified atom stereocenters. The van der Waals surface area contributed by atoms with Crippen LogP contribution < -0.4 is 15.7 Å². The van der Waals surface area contributed by atoms with Crippen molar-refractivity contribution in [1.82, 2.24) is 10.2 Å². The first-order chi connectivity index (χ1) is 14.8. The number of carbonyl (C=O) groups is 2. The number of nitrogens with zero attached hydrogens (tertiary/aromatic N) is 1. The van der Waals surface area contributed by atoms with Crippen molar-refractivity contribution in [3.63, 3.8) is 0 Å². The topological polar surface area (TPSA) is 88.8 Å². The van der Waals surface area contributed by atoms with Gasteiger partial charge in [0.05, 0.1) is 0 Å². The van der Waals surface area contributed by atoms with Gasteiger partial charge in [-0.3, -0.25) is 9.59 Å². The minimum atomic E-state index is -0.654. The first kappa shape index (κ1) is 21.4. The van der Waals surface area contributed by atoms with E-state index in [0.717, 1.165) is 42.2 Å². The summed E-state index contributed by atoms with van der Waals surface area (Å²) in [7, 11) is 0. The Hall–Kier alpha value is -2.83. The van der Waals surface area contributed by atoms with Gasteiger partial charge in [0, 0.05) is 43.1 Å². The quantitative estimate of drug-likeness (QED) is 0.743. The average molecular weight is 427 g/mol. The maximum atomic E-state index is 13.0. The molecule has 2 amide bonds. The van der Waals surface area contributed by atoms with Crippen LogP contribution in [-0.2, 0) is 16.0 Å². The molecule has 1 atom stereocenters.